The number of hydrogen-bond donors (Lipinski definition) is 2. The highest BCUT2D eigenvalue weighted by molar-refractivity contribution is 7.80. The average Bonchev–Trinajstić information content (AvgIpc) is 2.81. The molecule has 0 spiro atoms. The molecule has 1 aromatic heterocycles. The molecule has 0 bridgehead atoms. The molecule has 106 valence electrons. The molecule has 3 N–H and O–H groups in total. The summed E-state index contributed by atoms with van der Waals surface area (Å²) in [6.07, 6.45) is 0.605. The lowest BCUT2D eigenvalue weighted by atomic mass is 9.99. The third-order valence-electron chi connectivity index (χ3n) is 3.35. The first-order chi connectivity index (χ1) is 9.35. The van der Waals surface area contributed by atoms with Crippen LogP contribution in [0.25, 0.3) is 10.1 Å². The van der Waals surface area contributed by atoms with E-state index in [1.165, 1.54) is 23.5 Å². The highest BCUT2D eigenvalue weighted by Gasteiger charge is 2.28. The Hall–Kier alpha value is -1.53. The van der Waals surface area contributed by atoms with Crippen LogP contribution in [0.1, 0.15) is 29.9 Å². The summed E-state index contributed by atoms with van der Waals surface area (Å²) in [6, 6.07) is 6.19. The predicted molar refractivity (Wildman–Crippen MR) is 84.7 cm³/mol. The summed E-state index contributed by atoms with van der Waals surface area (Å²) in [5.74, 6) is -0.559. The normalized spacial score (nSPS) is 13.9. The Morgan fingerprint density at radius 1 is 1.50 bits per heavy atom. The van der Waals surface area contributed by atoms with E-state index in [-0.39, 0.29) is 16.7 Å². The van der Waals surface area contributed by atoms with Crippen molar-refractivity contribution in [3.63, 3.8) is 0 Å². The van der Waals surface area contributed by atoms with Crippen LogP contribution in [-0.2, 0) is 0 Å². The topological polar surface area (TPSA) is 55.1 Å². The zero-order chi connectivity index (χ0) is 14.9. The van der Waals surface area contributed by atoms with E-state index in [4.69, 9.17) is 18.0 Å². The van der Waals surface area contributed by atoms with Crippen molar-refractivity contribution in [2.24, 2.45) is 5.73 Å². The number of nitrogens with one attached hydrogen (secondary N) is 1. The molecular formula is C14H15FN2OS2. The smallest absolute Gasteiger partial charge is 0.262 e. The summed E-state index contributed by atoms with van der Waals surface area (Å²) >= 11 is 6.24. The molecule has 2 aromatic rings. The number of rotatable bonds is 4. The van der Waals surface area contributed by atoms with Gasteiger partial charge in [0.05, 0.1) is 15.4 Å². The number of carbonyl (C=O) groups is 1. The van der Waals surface area contributed by atoms with Crippen LogP contribution in [-0.4, -0.2) is 16.4 Å². The van der Waals surface area contributed by atoms with Crippen molar-refractivity contribution in [2.45, 2.75) is 25.8 Å². The fourth-order valence-electron chi connectivity index (χ4n) is 1.75. The largest absolute Gasteiger partial charge is 0.391 e. The number of thiophene rings is 1. The molecule has 0 aliphatic carbocycles. The molecule has 3 nitrogen and oxygen atoms in total. The number of halogens is 1. The van der Waals surface area contributed by atoms with E-state index in [0.29, 0.717) is 11.3 Å². The van der Waals surface area contributed by atoms with E-state index in [1.54, 1.807) is 19.1 Å². The summed E-state index contributed by atoms with van der Waals surface area (Å²) in [4.78, 5) is 13.0. The standard InChI is InChI=1S/C14H15FN2OS2/c1-3-14(2,13(16)19)17-12(18)11-6-8-4-5-9(15)7-10(8)20-11/h4-7H,3H2,1-2H3,(H2,16,19)(H,17,18). The predicted octanol–water partition coefficient (Wildman–Crippen LogP) is 3.23. The zero-order valence-electron chi connectivity index (χ0n) is 11.2. The first-order valence-corrected chi connectivity index (χ1v) is 7.39. The molecule has 2 rings (SSSR count). The molecule has 20 heavy (non-hydrogen) atoms. The molecule has 0 aliphatic rings. The van der Waals surface area contributed by atoms with Gasteiger partial charge in [-0.25, -0.2) is 4.39 Å². The second kappa shape index (κ2) is 5.46. The lowest BCUT2D eigenvalue weighted by molar-refractivity contribution is 0.0931. The second-order valence-corrected chi connectivity index (χ2v) is 6.32. The Morgan fingerprint density at radius 3 is 2.80 bits per heavy atom. The monoisotopic (exact) mass is 310 g/mol. The number of hydrogen-bond acceptors (Lipinski definition) is 3. The highest BCUT2D eigenvalue weighted by atomic mass is 32.1. The quantitative estimate of drug-likeness (QED) is 0.853. The first-order valence-electron chi connectivity index (χ1n) is 6.17. The van der Waals surface area contributed by atoms with Crippen molar-refractivity contribution in [1.29, 1.82) is 0 Å². The molecule has 0 saturated heterocycles. The van der Waals surface area contributed by atoms with Crippen LogP contribution in [0, 0.1) is 5.82 Å². The van der Waals surface area contributed by atoms with Gasteiger partial charge in [0.25, 0.3) is 5.91 Å². The maximum Gasteiger partial charge on any atom is 0.262 e. The van der Waals surface area contributed by atoms with Gasteiger partial charge in [-0.15, -0.1) is 11.3 Å². The van der Waals surface area contributed by atoms with Crippen molar-refractivity contribution in [2.75, 3.05) is 0 Å². The number of carbonyl (C=O) groups excluding carboxylic acids is 1. The molecule has 0 radical (unpaired) electrons. The van der Waals surface area contributed by atoms with E-state index in [1.807, 2.05) is 6.92 Å². The fourth-order valence-corrected chi connectivity index (χ4v) is 2.93. The summed E-state index contributed by atoms with van der Waals surface area (Å²) in [6.45, 7) is 3.69. The van der Waals surface area contributed by atoms with Gasteiger partial charge < -0.3 is 11.1 Å². The van der Waals surface area contributed by atoms with Crippen molar-refractivity contribution in [3.05, 3.63) is 35.0 Å². The fraction of sp³-hybridized carbons (Fsp3) is 0.286. The van der Waals surface area contributed by atoms with Crippen molar-refractivity contribution in [3.8, 4) is 0 Å². The van der Waals surface area contributed by atoms with Crippen LogP contribution in [0.5, 0.6) is 0 Å². The number of amides is 1. The zero-order valence-corrected chi connectivity index (χ0v) is 12.8. The van der Waals surface area contributed by atoms with Gasteiger partial charge in [0.2, 0.25) is 0 Å². The maximum absolute atomic E-state index is 13.2. The van der Waals surface area contributed by atoms with Crippen LogP contribution in [0.2, 0.25) is 0 Å². The van der Waals surface area contributed by atoms with Gasteiger partial charge in [0.1, 0.15) is 5.82 Å². The van der Waals surface area contributed by atoms with Crippen LogP contribution >= 0.6 is 23.6 Å². The lowest BCUT2D eigenvalue weighted by Crippen LogP contribution is -2.53. The molecule has 1 unspecified atom stereocenters. The minimum atomic E-state index is -0.714. The lowest BCUT2D eigenvalue weighted by Gasteiger charge is -2.27. The highest BCUT2D eigenvalue weighted by Crippen LogP contribution is 2.26. The van der Waals surface area contributed by atoms with Crippen molar-refractivity contribution < 1.29 is 9.18 Å². The van der Waals surface area contributed by atoms with Gasteiger partial charge >= 0.3 is 0 Å². The van der Waals surface area contributed by atoms with Gasteiger partial charge in [-0.1, -0.05) is 25.2 Å². The van der Waals surface area contributed by atoms with Gasteiger partial charge in [-0.05, 0) is 36.9 Å². The van der Waals surface area contributed by atoms with Crippen LogP contribution < -0.4 is 11.1 Å². The summed E-state index contributed by atoms with van der Waals surface area (Å²) in [5.41, 5.74) is 4.96. The molecule has 0 saturated carbocycles. The van der Waals surface area contributed by atoms with Crippen LogP contribution in [0.3, 0.4) is 0 Å². The summed E-state index contributed by atoms with van der Waals surface area (Å²) in [7, 11) is 0. The average molecular weight is 310 g/mol. The Bertz CT molecular complexity index is 683. The number of benzene rings is 1. The number of fused-ring (bicyclic) bond motifs is 1. The van der Waals surface area contributed by atoms with E-state index in [9.17, 15) is 9.18 Å². The van der Waals surface area contributed by atoms with Crippen LogP contribution in [0.4, 0.5) is 4.39 Å². The van der Waals surface area contributed by atoms with Gasteiger partial charge in [0.15, 0.2) is 0 Å². The second-order valence-electron chi connectivity index (χ2n) is 4.80. The Balaban J connectivity index is 2.29. The molecule has 1 amide bonds. The molecule has 0 fully saturated rings. The molecule has 0 aliphatic heterocycles. The summed E-state index contributed by atoms with van der Waals surface area (Å²) < 4.78 is 13.9. The summed E-state index contributed by atoms with van der Waals surface area (Å²) in [5, 5.41) is 3.69. The van der Waals surface area contributed by atoms with Crippen molar-refractivity contribution in [1.82, 2.24) is 5.32 Å². The Labute approximate surface area is 126 Å². The first kappa shape index (κ1) is 14.9. The van der Waals surface area contributed by atoms with E-state index < -0.39 is 5.54 Å². The molecule has 6 heteroatoms. The van der Waals surface area contributed by atoms with E-state index >= 15 is 0 Å². The maximum atomic E-state index is 13.2. The molecule has 1 heterocycles. The van der Waals surface area contributed by atoms with Gasteiger partial charge in [-0.2, -0.15) is 0 Å². The Kier molecular flexibility index (Phi) is 4.06. The number of nitrogens with two attached hydrogens (primary N) is 1. The third kappa shape index (κ3) is 2.81. The van der Waals surface area contributed by atoms with E-state index in [0.717, 1.165) is 10.1 Å². The minimum absolute atomic E-state index is 0.247. The van der Waals surface area contributed by atoms with Gasteiger partial charge in [-0.3, -0.25) is 4.79 Å². The molecule has 1 aromatic carbocycles. The Morgan fingerprint density at radius 2 is 2.20 bits per heavy atom. The van der Waals surface area contributed by atoms with E-state index in [2.05, 4.69) is 5.32 Å². The third-order valence-corrected chi connectivity index (χ3v) is 4.89. The van der Waals surface area contributed by atoms with Crippen LogP contribution in [0.15, 0.2) is 24.3 Å². The number of thiocarbonyl (C=S) groups is 1. The SMILES string of the molecule is CCC(C)(NC(=O)c1cc2ccc(F)cc2s1)C(N)=S. The molecular weight excluding hydrogens is 295 g/mol. The molecule has 1 atom stereocenters. The van der Waals surface area contributed by atoms with Crippen molar-refractivity contribution >= 4 is 44.5 Å². The minimum Gasteiger partial charge on any atom is -0.391 e. The van der Waals surface area contributed by atoms with Gasteiger partial charge in [0, 0.05) is 4.70 Å².